The van der Waals surface area contributed by atoms with E-state index < -0.39 is 0 Å². The lowest BCUT2D eigenvalue weighted by atomic mass is 9.70. The van der Waals surface area contributed by atoms with Gasteiger partial charge in [0.1, 0.15) is 0 Å². The van der Waals surface area contributed by atoms with E-state index in [0.717, 1.165) is 5.56 Å². The first kappa shape index (κ1) is 15.5. The van der Waals surface area contributed by atoms with Gasteiger partial charge in [-0.15, -0.1) is 0 Å². The molecule has 120 valence electrons. The monoisotopic (exact) mass is 301 g/mol. The van der Waals surface area contributed by atoms with Crippen LogP contribution in [0.2, 0.25) is 0 Å². The predicted octanol–water partition coefficient (Wildman–Crippen LogP) is 3.86. The number of ether oxygens (including phenoxy) is 1. The quantitative estimate of drug-likeness (QED) is 0.848. The van der Waals surface area contributed by atoms with Crippen LogP contribution in [0.15, 0.2) is 30.3 Å². The van der Waals surface area contributed by atoms with E-state index in [2.05, 4.69) is 51.7 Å². The molecule has 0 spiro atoms. The second kappa shape index (κ2) is 5.38. The molecule has 0 radical (unpaired) electrons. The van der Waals surface area contributed by atoms with E-state index >= 15 is 0 Å². The average molecular weight is 301 g/mol. The van der Waals surface area contributed by atoms with Gasteiger partial charge in [0, 0.05) is 11.5 Å². The molecule has 0 aliphatic carbocycles. The van der Waals surface area contributed by atoms with Crippen molar-refractivity contribution in [1.29, 1.82) is 0 Å². The number of hydrogen-bond acceptors (Lipinski definition) is 2. The van der Waals surface area contributed by atoms with Crippen molar-refractivity contribution >= 4 is 5.91 Å². The summed E-state index contributed by atoms with van der Waals surface area (Å²) in [6.07, 6.45) is -0.234. The molecule has 2 fully saturated rings. The van der Waals surface area contributed by atoms with Gasteiger partial charge in [0.2, 0.25) is 5.91 Å². The smallest absolute Gasteiger partial charge is 0.228 e. The highest BCUT2D eigenvalue weighted by Crippen LogP contribution is 2.54. The second-order valence-corrected chi connectivity index (χ2v) is 7.38. The van der Waals surface area contributed by atoms with Crippen LogP contribution in [0.4, 0.5) is 0 Å². The number of carbonyl (C=O) groups is 1. The van der Waals surface area contributed by atoms with Gasteiger partial charge < -0.3 is 9.64 Å². The third-order valence-corrected chi connectivity index (χ3v) is 6.19. The molecule has 22 heavy (non-hydrogen) atoms. The molecule has 3 nitrogen and oxygen atoms in total. The van der Waals surface area contributed by atoms with Crippen LogP contribution < -0.4 is 0 Å². The average Bonchev–Trinajstić information content (AvgIpc) is 3.00. The molecule has 3 rings (SSSR count). The molecule has 1 amide bonds. The van der Waals surface area contributed by atoms with Crippen LogP contribution in [-0.2, 0) is 9.53 Å². The lowest BCUT2D eigenvalue weighted by Crippen LogP contribution is -2.53. The van der Waals surface area contributed by atoms with Crippen molar-refractivity contribution in [2.45, 2.75) is 46.4 Å². The highest BCUT2D eigenvalue weighted by Gasteiger charge is 2.63. The minimum Gasteiger partial charge on any atom is -0.351 e. The maximum absolute atomic E-state index is 13.0. The zero-order valence-electron chi connectivity index (χ0n) is 14.2. The molecule has 2 saturated heterocycles. The van der Waals surface area contributed by atoms with E-state index in [0.29, 0.717) is 24.4 Å². The molecule has 5 atom stereocenters. The van der Waals surface area contributed by atoms with Crippen molar-refractivity contribution in [1.82, 2.24) is 4.90 Å². The SMILES string of the molecule is CC(C)C(C)C12COC(c3ccccc3)N1C(=O)C(C)C2C. The Kier molecular flexibility index (Phi) is 3.80. The van der Waals surface area contributed by atoms with Gasteiger partial charge in [-0.1, -0.05) is 65.0 Å². The Hall–Kier alpha value is -1.35. The molecule has 2 heterocycles. The molecule has 0 bridgehead atoms. The van der Waals surface area contributed by atoms with Crippen LogP contribution in [0.25, 0.3) is 0 Å². The summed E-state index contributed by atoms with van der Waals surface area (Å²) in [4.78, 5) is 15.0. The predicted molar refractivity (Wildman–Crippen MR) is 87.0 cm³/mol. The van der Waals surface area contributed by atoms with Gasteiger partial charge in [-0.25, -0.2) is 0 Å². The number of carbonyl (C=O) groups excluding carboxylic acids is 1. The zero-order valence-corrected chi connectivity index (χ0v) is 14.2. The van der Waals surface area contributed by atoms with Crippen molar-refractivity contribution < 1.29 is 9.53 Å². The summed E-state index contributed by atoms with van der Waals surface area (Å²) in [5, 5.41) is 0. The third kappa shape index (κ3) is 1.95. The molecule has 2 aliphatic rings. The molecule has 1 aromatic carbocycles. The summed E-state index contributed by atoms with van der Waals surface area (Å²) in [5.74, 6) is 1.54. The van der Waals surface area contributed by atoms with E-state index in [4.69, 9.17) is 4.74 Å². The molecule has 3 heteroatoms. The fourth-order valence-electron chi connectivity index (χ4n) is 4.32. The van der Waals surface area contributed by atoms with Crippen LogP contribution in [0, 0.1) is 23.7 Å². The topological polar surface area (TPSA) is 29.5 Å². The first-order valence-electron chi connectivity index (χ1n) is 8.41. The van der Waals surface area contributed by atoms with Crippen molar-refractivity contribution in [3.05, 3.63) is 35.9 Å². The molecular weight excluding hydrogens is 274 g/mol. The van der Waals surface area contributed by atoms with Gasteiger partial charge in [-0.3, -0.25) is 4.79 Å². The minimum atomic E-state index is -0.234. The fourth-order valence-corrected chi connectivity index (χ4v) is 4.32. The molecule has 0 N–H and O–H groups in total. The van der Waals surface area contributed by atoms with Crippen molar-refractivity contribution in [2.75, 3.05) is 6.61 Å². The maximum Gasteiger partial charge on any atom is 0.228 e. The van der Waals surface area contributed by atoms with Crippen LogP contribution in [0.1, 0.15) is 46.4 Å². The Labute approximate surface area is 133 Å². The van der Waals surface area contributed by atoms with E-state index in [9.17, 15) is 4.79 Å². The molecule has 0 saturated carbocycles. The summed E-state index contributed by atoms with van der Waals surface area (Å²) < 4.78 is 6.17. The van der Waals surface area contributed by atoms with Crippen LogP contribution in [0.3, 0.4) is 0 Å². The number of hydrogen-bond donors (Lipinski definition) is 0. The fraction of sp³-hybridized carbons (Fsp3) is 0.632. The Morgan fingerprint density at radius 3 is 2.41 bits per heavy atom. The van der Waals surface area contributed by atoms with Crippen LogP contribution >= 0.6 is 0 Å². The van der Waals surface area contributed by atoms with Crippen LogP contribution in [-0.4, -0.2) is 23.0 Å². The normalized spacial score (nSPS) is 36.0. The number of nitrogens with zero attached hydrogens (tertiary/aromatic N) is 1. The summed E-state index contributed by atoms with van der Waals surface area (Å²) in [5.41, 5.74) is 0.903. The Morgan fingerprint density at radius 1 is 1.18 bits per heavy atom. The Morgan fingerprint density at radius 2 is 1.82 bits per heavy atom. The largest absolute Gasteiger partial charge is 0.351 e. The van der Waals surface area contributed by atoms with Crippen LogP contribution in [0.5, 0.6) is 0 Å². The molecule has 0 aromatic heterocycles. The summed E-state index contributed by atoms with van der Waals surface area (Å²) in [6, 6.07) is 10.1. The first-order chi connectivity index (χ1) is 10.4. The number of fused-ring (bicyclic) bond motifs is 1. The lowest BCUT2D eigenvalue weighted by Gasteiger charge is -2.42. The summed E-state index contributed by atoms with van der Waals surface area (Å²) in [7, 11) is 0. The number of rotatable bonds is 3. The van der Waals surface area contributed by atoms with E-state index in [1.807, 2.05) is 18.2 Å². The van der Waals surface area contributed by atoms with E-state index in [1.54, 1.807) is 0 Å². The van der Waals surface area contributed by atoms with Gasteiger partial charge in [-0.2, -0.15) is 0 Å². The molecular formula is C19H27NO2. The standard InChI is InChI=1S/C19H27NO2/c1-12(2)14(4)19-11-22-18(16-9-7-6-8-10-16)20(19)17(21)13(3)15(19)5/h6-10,12-15,18H,11H2,1-5H3. The molecule has 1 aromatic rings. The maximum atomic E-state index is 13.0. The number of amides is 1. The Balaban J connectivity index is 2.06. The molecule has 5 unspecified atom stereocenters. The van der Waals surface area contributed by atoms with E-state index in [1.165, 1.54) is 0 Å². The van der Waals surface area contributed by atoms with Gasteiger partial charge in [0.25, 0.3) is 0 Å². The zero-order chi connectivity index (χ0) is 16.1. The third-order valence-electron chi connectivity index (χ3n) is 6.19. The summed E-state index contributed by atoms with van der Waals surface area (Å²) >= 11 is 0. The minimum absolute atomic E-state index is 0.0660. The van der Waals surface area contributed by atoms with Gasteiger partial charge in [-0.05, 0) is 17.8 Å². The van der Waals surface area contributed by atoms with Gasteiger partial charge >= 0.3 is 0 Å². The Bertz CT molecular complexity index is 556. The number of benzene rings is 1. The summed E-state index contributed by atoms with van der Waals surface area (Å²) in [6.45, 7) is 11.7. The van der Waals surface area contributed by atoms with Crippen molar-refractivity contribution in [3.8, 4) is 0 Å². The highest BCUT2D eigenvalue weighted by atomic mass is 16.5. The first-order valence-corrected chi connectivity index (χ1v) is 8.41. The van der Waals surface area contributed by atoms with Crippen molar-refractivity contribution in [2.24, 2.45) is 23.7 Å². The molecule has 2 aliphatic heterocycles. The lowest BCUT2D eigenvalue weighted by molar-refractivity contribution is -0.139. The highest BCUT2D eigenvalue weighted by molar-refractivity contribution is 5.83. The second-order valence-electron chi connectivity index (χ2n) is 7.38. The van der Waals surface area contributed by atoms with E-state index in [-0.39, 0.29) is 23.6 Å². The van der Waals surface area contributed by atoms with Crippen molar-refractivity contribution in [3.63, 3.8) is 0 Å². The van der Waals surface area contributed by atoms with Gasteiger partial charge in [0.15, 0.2) is 6.23 Å². The van der Waals surface area contributed by atoms with Gasteiger partial charge in [0.05, 0.1) is 12.1 Å².